The third kappa shape index (κ3) is 6.15. The molecule has 36 heavy (non-hydrogen) atoms. The molecule has 1 aliphatic heterocycles. The number of ether oxygens (including phenoxy) is 2. The molecule has 9 nitrogen and oxygen atoms in total. The van der Waals surface area contributed by atoms with Crippen LogP contribution in [0.1, 0.15) is 37.3 Å². The van der Waals surface area contributed by atoms with Crippen molar-refractivity contribution in [1.29, 1.82) is 0 Å². The zero-order chi connectivity index (χ0) is 25.5. The molecule has 0 unspecified atom stereocenters. The van der Waals surface area contributed by atoms with Crippen molar-refractivity contribution in [2.75, 3.05) is 33.3 Å². The van der Waals surface area contributed by atoms with Crippen LogP contribution in [-0.4, -0.2) is 67.0 Å². The van der Waals surface area contributed by atoms with E-state index in [4.69, 9.17) is 15.2 Å². The molecule has 2 aliphatic rings. The summed E-state index contributed by atoms with van der Waals surface area (Å²) in [5.41, 5.74) is 6.29. The second-order valence-corrected chi connectivity index (χ2v) is 9.28. The van der Waals surface area contributed by atoms with Gasteiger partial charge in [-0.05, 0) is 42.7 Å². The molecule has 9 heteroatoms. The van der Waals surface area contributed by atoms with Gasteiger partial charge in [0.15, 0.2) is 0 Å². The lowest BCUT2D eigenvalue weighted by atomic mass is 9.82. The van der Waals surface area contributed by atoms with Crippen molar-refractivity contribution >= 4 is 17.9 Å². The number of hydrogen-bond donors (Lipinski definition) is 2. The van der Waals surface area contributed by atoms with Gasteiger partial charge in [-0.15, -0.1) is 0 Å². The number of carbonyl (C=O) groups excluding carboxylic acids is 3. The van der Waals surface area contributed by atoms with Crippen LogP contribution in [0.2, 0.25) is 0 Å². The third-order valence-electron chi connectivity index (χ3n) is 7.08. The summed E-state index contributed by atoms with van der Waals surface area (Å²) in [7, 11) is 1.58. The van der Waals surface area contributed by atoms with Crippen molar-refractivity contribution < 1.29 is 23.9 Å². The average Bonchev–Trinajstić information content (AvgIpc) is 2.92. The number of benzene rings is 2. The van der Waals surface area contributed by atoms with Crippen LogP contribution < -0.4 is 20.5 Å². The van der Waals surface area contributed by atoms with E-state index in [1.54, 1.807) is 48.4 Å². The van der Waals surface area contributed by atoms with Crippen molar-refractivity contribution in [1.82, 2.24) is 15.1 Å². The Labute approximate surface area is 211 Å². The minimum Gasteiger partial charge on any atom is -0.497 e. The maximum absolute atomic E-state index is 13.3. The third-order valence-corrected chi connectivity index (χ3v) is 7.08. The fraction of sp³-hybridized carbons (Fsp3) is 0.444. The van der Waals surface area contributed by atoms with Gasteiger partial charge >= 0.3 is 6.09 Å². The molecule has 0 spiro atoms. The monoisotopic (exact) mass is 494 g/mol. The molecule has 1 saturated heterocycles. The van der Waals surface area contributed by atoms with Crippen LogP contribution in [0, 0.1) is 5.92 Å². The van der Waals surface area contributed by atoms with Crippen molar-refractivity contribution in [3.8, 4) is 11.5 Å². The Balaban J connectivity index is 1.34. The number of nitrogens with two attached hydrogens (primary N) is 1. The first-order valence-corrected chi connectivity index (χ1v) is 12.5. The highest BCUT2D eigenvalue weighted by molar-refractivity contribution is 5.88. The quantitative estimate of drug-likeness (QED) is 0.612. The molecule has 4 rings (SSSR count). The van der Waals surface area contributed by atoms with E-state index in [1.807, 2.05) is 18.2 Å². The van der Waals surface area contributed by atoms with E-state index in [1.165, 1.54) is 0 Å². The summed E-state index contributed by atoms with van der Waals surface area (Å²) < 4.78 is 10.6. The van der Waals surface area contributed by atoms with Gasteiger partial charge in [0, 0.05) is 32.2 Å². The summed E-state index contributed by atoms with van der Waals surface area (Å²) in [4.78, 5) is 42.1. The molecule has 1 heterocycles. The zero-order valence-electron chi connectivity index (χ0n) is 20.6. The molecule has 0 aromatic heterocycles. The molecule has 2 aromatic carbocycles. The molecule has 0 radical (unpaired) electrons. The molecule has 1 saturated carbocycles. The number of amides is 3. The molecule has 2 aromatic rings. The smallest absolute Gasteiger partial charge is 0.415 e. The zero-order valence-corrected chi connectivity index (χ0v) is 20.6. The molecule has 3 atom stereocenters. The SMILES string of the molecule is COc1ccc(OC(=O)N2CCN([C@@H]3CCCC[C@H]3C(=O)N[C@H](C(N)=O)c3ccccc3)CC2)cc1. The van der Waals surface area contributed by atoms with Crippen LogP contribution >= 0.6 is 0 Å². The lowest BCUT2D eigenvalue weighted by Gasteiger charge is -2.43. The summed E-state index contributed by atoms with van der Waals surface area (Å²) in [5, 5.41) is 2.90. The Morgan fingerprint density at radius 3 is 2.19 bits per heavy atom. The molecule has 1 aliphatic carbocycles. The highest BCUT2D eigenvalue weighted by Crippen LogP contribution is 2.30. The maximum atomic E-state index is 13.3. The Morgan fingerprint density at radius 1 is 0.917 bits per heavy atom. The Morgan fingerprint density at radius 2 is 1.56 bits per heavy atom. The van der Waals surface area contributed by atoms with Crippen LogP contribution in [0.3, 0.4) is 0 Å². The van der Waals surface area contributed by atoms with Gasteiger partial charge in [-0.2, -0.15) is 0 Å². The lowest BCUT2D eigenvalue weighted by molar-refractivity contribution is -0.133. The molecular formula is C27H34N4O5. The fourth-order valence-corrected chi connectivity index (χ4v) is 5.11. The largest absolute Gasteiger partial charge is 0.497 e. The van der Waals surface area contributed by atoms with Crippen LogP contribution in [0.5, 0.6) is 11.5 Å². The van der Waals surface area contributed by atoms with Gasteiger partial charge in [0.2, 0.25) is 11.8 Å². The van der Waals surface area contributed by atoms with Crippen molar-refractivity contribution in [2.24, 2.45) is 11.7 Å². The fourth-order valence-electron chi connectivity index (χ4n) is 5.11. The number of hydrogen-bond acceptors (Lipinski definition) is 6. The average molecular weight is 495 g/mol. The van der Waals surface area contributed by atoms with E-state index in [2.05, 4.69) is 10.2 Å². The summed E-state index contributed by atoms with van der Waals surface area (Å²) in [6, 6.07) is 15.2. The summed E-state index contributed by atoms with van der Waals surface area (Å²) in [6.45, 7) is 2.36. The molecule has 192 valence electrons. The minimum atomic E-state index is -0.856. The number of rotatable bonds is 7. The maximum Gasteiger partial charge on any atom is 0.415 e. The number of nitrogens with zero attached hydrogens (tertiary/aromatic N) is 2. The summed E-state index contributed by atoms with van der Waals surface area (Å²) in [5.74, 6) is 0.205. The Hall–Kier alpha value is -3.59. The van der Waals surface area contributed by atoms with Crippen molar-refractivity contribution in [2.45, 2.75) is 37.8 Å². The number of nitrogens with one attached hydrogen (secondary N) is 1. The first kappa shape index (κ1) is 25.5. The van der Waals surface area contributed by atoms with Crippen LogP contribution in [0.15, 0.2) is 54.6 Å². The Bertz CT molecular complexity index is 1040. The first-order chi connectivity index (χ1) is 17.5. The highest BCUT2D eigenvalue weighted by Gasteiger charge is 2.38. The molecule has 3 amide bonds. The van der Waals surface area contributed by atoms with Crippen LogP contribution in [-0.2, 0) is 9.59 Å². The summed E-state index contributed by atoms with van der Waals surface area (Å²) >= 11 is 0. The van der Waals surface area contributed by atoms with Crippen molar-refractivity contribution in [3.05, 3.63) is 60.2 Å². The second-order valence-electron chi connectivity index (χ2n) is 9.28. The lowest BCUT2D eigenvalue weighted by Crippen LogP contribution is -2.57. The van der Waals surface area contributed by atoms with Gasteiger partial charge in [0.1, 0.15) is 17.5 Å². The minimum absolute atomic E-state index is 0.0582. The second kappa shape index (κ2) is 11.9. The number of carbonyl (C=O) groups is 3. The predicted molar refractivity (Wildman–Crippen MR) is 134 cm³/mol. The van der Waals surface area contributed by atoms with Gasteiger partial charge in [0.05, 0.1) is 13.0 Å². The predicted octanol–water partition coefficient (Wildman–Crippen LogP) is 2.71. The van der Waals surface area contributed by atoms with E-state index in [9.17, 15) is 14.4 Å². The normalized spacial score (nSPS) is 21.3. The standard InChI is InChI=1S/C27H34N4O5/c1-35-20-11-13-21(14-12-20)36-27(34)31-17-15-30(16-18-31)23-10-6-5-9-22(23)26(33)29-24(25(28)32)19-7-3-2-4-8-19/h2-4,7-8,11-14,22-24H,5-6,9-10,15-18H2,1H3,(H2,28,32)(H,29,33)/t22-,23-,24+/m1/s1. The number of primary amides is 1. The van der Waals surface area contributed by atoms with Gasteiger partial charge < -0.3 is 25.4 Å². The first-order valence-electron chi connectivity index (χ1n) is 12.5. The van der Waals surface area contributed by atoms with Gasteiger partial charge in [-0.1, -0.05) is 43.2 Å². The molecular weight excluding hydrogens is 460 g/mol. The Kier molecular flexibility index (Phi) is 8.43. The van der Waals surface area contributed by atoms with Gasteiger partial charge in [-0.25, -0.2) is 4.79 Å². The van der Waals surface area contributed by atoms with E-state index < -0.39 is 11.9 Å². The van der Waals surface area contributed by atoms with E-state index in [0.29, 0.717) is 43.2 Å². The molecule has 3 N–H and O–H groups in total. The summed E-state index contributed by atoms with van der Waals surface area (Å²) in [6.07, 6.45) is 3.30. The van der Waals surface area contributed by atoms with Crippen LogP contribution in [0.4, 0.5) is 4.79 Å². The highest BCUT2D eigenvalue weighted by atomic mass is 16.6. The van der Waals surface area contributed by atoms with E-state index in [-0.39, 0.29) is 24.0 Å². The number of methoxy groups -OCH3 is 1. The molecule has 2 fully saturated rings. The van der Waals surface area contributed by atoms with Gasteiger partial charge in [-0.3, -0.25) is 14.5 Å². The number of piperazine rings is 1. The van der Waals surface area contributed by atoms with Crippen LogP contribution in [0.25, 0.3) is 0 Å². The molecule has 0 bridgehead atoms. The van der Waals surface area contributed by atoms with Crippen molar-refractivity contribution in [3.63, 3.8) is 0 Å². The topological polar surface area (TPSA) is 114 Å². The van der Waals surface area contributed by atoms with E-state index >= 15 is 0 Å². The van der Waals surface area contributed by atoms with Gasteiger partial charge in [0.25, 0.3) is 0 Å². The van der Waals surface area contributed by atoms with E-state index in [0.717, 1.165) is 25.7 Å².